The van der Waals surface area contributed by atoms with E-state index >= 15 is 0 Å². The SMILES string of the molecule is C=CCN(CC(=O)N1CCCCC1c1nc(-c2ccc(Br)cc2)no1)C(=O)CCCCCC. The number of hydrogen-bond acceptors (Lipinski definition) is 5. The fourth-order valence-corrected chi connectivity index (χ4v) is 4.36. The Labute approximate surface area is 204 Å². The van der Waals surface area contributed by atoms with Gasteiger partial charge in [0, 0.05) is 29.5 Å². The van der Waals surface area contributed by atoms with E-state index in [-0.39, 0.29) is 24.4 Å². The first kappa shape index (κ1) is 25.1. The Kier molecular flexibility index (Phi) is 9.66. The Morgan fingerprint density at radius 1 is 1.24 bits per heavy atom. The van der Waals surface area contributed by atoms with Crippen molar-refractivity contribution in [3.8, 4) is 11.4 Å². The second-order valence-electron chi connectivity index (χ2n) is 8.44. The van der Waals surface area contributed by atoms with E-state index in [2.05, 4.69) is 39.6 Å². The molecule has 2 heterocycles. The average molecular weight is 517 g/mol. The van der Waals surface area contributed by atoms with Crippen LogP contribution in [0, 0.1) is 0 Å². The van der Waals surface area contributed by atoms with Crippen molar-refractivity contribution in [2.24, 2.45) is 0 Å². The highest BCUT2D eigenvalue weighted by molar-refractivity contribution is 9.10. The van der Waals surface area contributed by atoms with Gasteiger partial charge in [0.2, 0.25) is 23.5 Å². The molecule has 0 radical (unpaired) electrons. The molecule has 0 spiro atoms. The zero-order valence-electron chi connectivity index (χ0n) is 19.3. The normalized spacial score (nSPS) is 15.9. The first-order chi connectivity index (χ1) is 16.0. The number of benzene rings is 1. The van der Waals surface area contributed by atoms with E-state index in [0.717, 1.165) is 55.0 Å². The molecular weight excluding hydrogens is 484 g/mol. The van der Waals surface area contributed by atoms with Crippen molar-refractivity contribution >= 4 is 27.7 Å². The van der Waals surface area contributed by atoms with Crippen molar-refractivity contribution in [2.75, 3.05) is 19.6 Å². The summed E-state index contributed by atoms with van der Waals surface area (Å²) in [5, 5.41) is 4.14. The Bertz CT molecular complexity index is 928. The number of carbonyl (C=O) groups is 2. The molecule has 1 aliphatic rings. The van der Waals surface area contributed by atoms with Gasteiger partial charge in [-0.2, -0.15) is 4.98 Å². The topological polar surface area (TPSA) is 79.5 Å². The van der Waals surface area contributed by atoms with Crippen molar-refractivity contribution in [3.63, 3.8) is 0 Å². The molecule has 1 unspecified atom stereocenters. The van der Waals surface area contributed by atoms with Gasteiger partial charge in [-0.05, 0) is 49.9 Å². The summed E-state index contributed by atoms with van der Waals surface area (Å²) in [6.45, 7) is 6.93. The first-order valence-corrected chi connectivity index (χ1v) is 12.6. The van der Waals surface area contributed by atoms with Crippen LogP contribution in [0.2, 0.25) is 0 Å². The van der Waals surface area contributed by atoms with E-state index in [1.54, 1.807) is 15.9 Å². The van der Waals surface area contributed by atoms with Gasteiger partial charge >= 0.3 is 0 Å². The summed E-state index contributed by atoms with van der Waals surface area (Å²) in [5.41, 5.74) is 0.854. The van der Waals surface area contributed by atoms with Crippen molar-refractivity contribution in [1.29, 1.82) is 0 Å². The molecule has 178 valence electrons. The number of piperidine rings is 1. The third kappa shape index (κ3) is 7.00. The van der Waals surface area contributed by atoms with Gasteiger partial charge in [0.1, 0.15) is 12.6 Å². The molecule has 0 aliphatic carbocycles. The summed E-state index contributed by atoms with van der Waals surface area (Å²) < 4.78 is 6.56. The molecule has 1 aromatic carbocycles. The summed E-state index contributed by atoms with van der Waals surface area (Å²) in [4.78, 5) is 34.0. The first-order valence-electron chi connectivity index (χ1n) is 11.8. The summed E-state index contributed by atoms with van der Waals surface area (Å²) in [5.74, 6) is 0.864. The minimum Gasteiger partial charge on any atom is -0.337 e. The highest BCUT2D eigenvalue weighted by Crippen LogP contribution is 2.31. The molecule has 1 saturated heterocycles. The van der Waals surface area contributed by atoms with Crippen molar-refractivity contribution in [3.05, 3.63) is 47.3 Å². The van der Waals surface area contributed by atoms with E-state index in [1.165, 1.54) is 0 Å². The van der Waals surface area contributed by atoms with Crippen LogP contribution in [0.4, 0.5) is 0 Å². The molecule has 7 nitrogen and oxygen atoms in total. The van der Waals surface area contributed by atoms with E-state index in [1.807, 2.05) is 24.3 Å². The zero-order valence-corrected chi connectivity index (χ0v) is 20.9. The Morgan fingerprint density at radius 2 is 2.03 bits per heavy atom. The van der Waals surface area contributed by atoms with Gasteiger partial charge in [0.05, 0.1) is 0 Å². The molecule has 1 fully saturated rings. The molecule has 0 N–H and O–H groups in total. The lowest BCUT2D eigenvalue weighted by Crippen LogP contribution is -2.46. The number of halogens is 1. The van der Waals surface area contributed by atoms with Gasteiger partial charge in [-0.15, -0.1) is 6.58 Å². The van der Waals surface area contributed by atoms with Crippen molar-refractivity contribution < 1.29 is 14.1 Å². The number of likely N-dealkylation sites (tertiary alicyclic amines) is 1. The van der Waals surface area contributed by atoms with Gasteiger partial charge in [0.25, 0.3) is 0 Å². The van der Waals surface area contributed by atoms with Crippen LogP contribution in [-0.2, 0) is 9.59 Å². The van der Waals surface area contributed by atoms with E-state index in [9.17, 15) is 9.59 Å². The predicted octanol–water partition coefficient (Wildman–Crippen LogP) is 5.54. The lowest BCUT2D eigenvalue weighted by molar-refractivity contribution is -0.143. The van der Waals surface area contributed by atoms with Crippen LogP contribution in [0.25, 0.3) is 11.4 Å². The van der Waals surface area contributed by atoms with Gasteiger partial charge in [0.15, 0.2) is 0 Å². The van der Waals surface area contributed by atoms with Gasteiger partial charge in [-0.1, -0.05) is 53.3 Å². The molecule has 33 heavy (non-hydrogen) atoms. The lowest BCUT2D eigenvalue weighted by atomic mass is 10.0. The second-order valence-corrected chi connectivity index (χ2v) is 9.35. The number of nitrogens with zero attached hydrogens (tertiary/aromatic N) is 4. The van der Waals surface area contributed by atoms with Crippen LogP contribution >= 0.6 is 15.9 Å². The average Bonchev–Trinajstić information content (AvgIpc) is 3.32. The Morgan fingerprint density at radius 3 is 2.76 bits per heavy atom. The molecule has 8 heteroatoms. The molecule has 1 atom stereocenters. The highest BCUT2D eigenvalue weighted by Gasteiger charge is 2.33. The molecule has 2 amide bonds. The monoisotopic (exact) mass is 516 g/mol. The third-order valence-corrected chi connectivity index (χ3v) is 6.45. The van der Waals surface area contributed by atoms with Gasteiger partial charge in [-0.25, -0.2) is 0 Å². The standard InChI is InChI=1S/C25H33BrN4O3/c1-3-5-6-7-11-22(31)29(16-4-2)18-23(32)30-17-9-8-10-21(30)25-27-24(28-33-25)19-12-14-20(26)15-13-19/h4,12-15,21H,2-3,5-11,16-18H2,1H3. The van der Waals surface area contributed by atoms with Crippen LogP contribution in [0.3, 0.4) is 0 Å². The van der Waals surface area contributed by atoms with E-state index in [4.69, 9.17) is 4.52 Å². The predicted molar refractivity (Wildman–Crippen MR) is 131 cm³/mol. The number of amides is 2. The van der Waals surface area contributed by atoms with Crippen LogP contribution in [0.5, 0.6) is 0 Å². The Hall–Kier alpha value is -2.48. The minimum atomic E-state index is -0.270. The minimum absolute atomic E-state index is 0.00299. The summed E-state index contributed by atoms with van der Waals surface area (Å²) in [6, 6.07) is 7.42. The largest absolute Gasteiger partial charge is 0.337 e. The van der Waals surface area contributed by atoms with Crippen LogP contribution in [0.15, 0.2) is 45.9 Å². The fourth-order valence-electron chi connectivity index (χ4n) is 4.10. The number of aromatic nitrogens is 2. The maximum absolute atomic E-state index is 13.3. The van der Waals surface area contributed by atoms with Crippen LogP contribution < -0.4 is 0 Å². The molecule has 1 aliphatic heterocycles. The third-order valence-electron chi connectivity index (χ3n) is 5.92. The van der Waals surface area contributed by atoms with Crippen molar-refractivity contribution in [1.82, 2.24) is 19.9 Å². The van der Waals surface area contributed by atoms with E-state index in [0.29, 0.717) is 31.2 Å². The van der Waals surface area contributed by atoms with Gasteiger partial charge < -0.3 is 14.3 Å². The fraction of sp³-hybridized carbons (Fsp3) is 0.520. The summed E-state index contributed by atoms with van der Waals surface area (Å²) >= 11 is 3.43. The molecule has 0 saturated carbocycles. The van der Waals surface area contributed by atoms with Crippen LogP contribution in [-0.4, -0.2) is 51.4 Å². The maximum atomic E-state index is 13.3. The van der Waals surface area contributed by atoms with Gasteiger partial charge in [-0.3, -0.25) is 9.59 Å². The highest BCUT2D eigenvalue weighted by atomic mass is 79.9. The zero-order chi connectivity index (χ0) is 23.6. The van der Waals surface area contributed by atoms with Crippen LogP contribution in [0.1, 0.15) is 70.2 Å². The number of unbranched alkanes of at least 4 members (excludes halogenated alkanes) is 3. The van der Waals surface area contributed by atoms with E-state index < -0.39 is 0 Å². The smallest absolute Gasteiger partial charge is 0.249 e. The molecular formula is C25H33BrN4O3. The molecule has 1 aromatic heterocycles. The number of carbonyl (C=O) groups excluding carboxylic acids is 2. The van der Waals surface area contributed by atoms with Crippen molar-refractivity contribution in [2.45, 2.75) is 64.3 Å². The molecule has 2 aromatic rings. The Balaban J connectivity index is 1.68. The quantitative estimate of drug-likeness (QED) is 0.289. The number of hydrogen-bond donors (Lipinski definition) is 0. The second kappa shape index (κ2) is 12.7. The summed E-state index contributed by atoms with van der Waals surface area (Å²) in [6.07, 6.45) is 8.93. The molecule has 0 bridgehead atoms. The number of rotatable bonds is 11. The maximum Gasteiger partial charge on any atom is 0.249 e. The lowest BCUT2D eigenvalue weighted by Gasteiger charge is -2.35. The molecule has 3 rings (SSSR count). The summed E-state index contributed by atoms with van der Waals surface area (Å²) in [7, 11) is 0.